The third-order valence-corrected chi connectivity index (χ3v) is 8.07. The summed E-state index contributed by atoms with van der Waals surface area (Å²) in [6, 6.07) is 15.7. The Morgan fingerprint density at radius 3 is 2.46 bits per heavy atom. The largest absolute Gasteiger partial charge is 0.490 e. The van der Waals surface area contributed by atoms with Gasteiger partial charge in [-0.25, -0.2) is 14.6 Å². The van der Waals surface area contributed by atoms with Crippen LogP contribution in [0, 0.1) is 12.8 Å². The van der Waals surface area contributed by atoms with Crippen molar-refractivity contribution in [2.24, 2.45) is 5.92 Å². The lowest BCUT2D eigenvalue weighted by Gasteiger charge is -2.23. The molecule has 5 rings (SSSR count). The number of aromatic nitrogens is 3. The molecule has 3 heterocycles. The number of methoxy groups -OCH3 is 1. The van der Waals surface area contributed by atoms with Crippen LogP contribution < -0.4 is 16.2 Å². The van der Waals surface area contributed by atoms with Crippen LogP contribution in [0.2, 0.25) is 5.02 Å². The SMILES string of the molecule is COC(=O)Nc1ccc2c(c1)NC(=O)[C@H](C)CCC[C@H](n1cnc(-c3cccc(Cl)c3C)cc1=O)c1cc-2ccn1.O=C(O)C(F)(F)F. The molecule has 4 aromatic rings. The van der Waals surface area contributed by atoms with Crippen LogP contribution in [0.3, 0.4) is 0 Å². The maximum Gasteiger partial charge on any atom is 0.490 e. The second kappa shape index (κ2) is 15.1. The summed E-state index contributed by atoms with van der Waals surface area (Å²) in [6.45, 7) is 3.77. The van der Waals surface area contributed by atoms with Gasteiger partial charge in [-0.1, -0.05) is 43.1 Å². The molecule has 1 aliphatic rings. The predicted molar refractivity (Wildman–Crippen MR) is 173 cm³/mol. The van der Waals surface area contributed by atoms with Crippen LogP contribution in [0.5, 0.6) is 0 Å². The molecule has 2 bridgehead atoms. The Morgan fingerprint density at radius 2 is 1.79 bits per heavy atom. The van der Waals surface area contributed by atoms with Crippen molar-refractivity contribution < 1.29 is 37.4 Å². The predicted octanol–water partition coefficient (Wildman–Crippen LogP) is 7.09. The zero-order chi connectivity index (χ0) is 35.2. The molecule has 0 saturated heterocycles. The molecule has 0 fully saturated rings. The molecule has 0 unspecified atom stereocenters. The molecule has 48 heavy (non-hydrogen) atoms. The molecule has 3 N–H and O–H groups in total. The number of rotatable bonds is 3. The van der Waals surface area contributed by atoms with Crippen LogP contribution in [-0.4, -0.2) is 50.9 Å². The summed E-state index contributed by atoms with van der Waals surface area (Å²) in [5.41, 5.74) is 5.30. The van der Waals surface area contributed by atoms with Crippen molar-refractivity contribution in [1.29, 1.82) is 0 Å². The van der Waals surface area contributed by atoms with E-state index in [4.69, 9.17) is 26.2 Å². The molecule has 252 valence electrons. The summed E-state index contributed by atoms with van der Waals surface area (Å²) in [7, 11) is 1.29. The van der Waals surface area contributed by atoms with Crippen molar-refractivity contribution in [3.63, 3.8) is 0 Å². The minimum absolute atomic E-state index is 0.132. The number of carbonyl (C=O) groups is 3. The van der Waals surface area contributed by atoms with Crippen LogP contribution in [0.25, 0.3) is 22.4 Å². The van der Waals surface area contributed by atoms with Crippen molar-refractivity contribution in [1.82, 2.24) is 14.5 Å². The molecule has 0 aliphatic carbocycles. The highest BCUT2D eigenvalue weighted by atomic mass is 35.5. The fraction of sp³-hybridized carbons (Fsp3) is 0.273. The summed E-state index contributed by atoms with van der Waals surface area (Å²) in [5, 5.41) is 13.4. The lowest BCUT2D eigenvalue weighted by molar-refractivity contribution is -0.192. The Labute approximate surface area is 277 Å². The number of hydrogen-bond donors (Lipinski definition) is 3. The minimum atomic E-state index is -5.08. The van der Waals surface area contributed by atoms with Gasteiger partial charge in [-0.15, -0.1) is 0 Å². The summed E-state index contributed by atoms with van der Waals surface area (Å²) in [5.74, 6) is -3.17. The number of carboxylic acids is 1. The Morgan fingerprint density at radius 1 is 1.06 bits per heavy atom. The van der Waals surface area contributed by atoms with Crippen LogP contribution in [0.4, 0.5) is 29.3 Å². The first-order chi connectivity index (χ1) is 22.7. The molecule has 1 aliphatic heterocycles. The summed E-state index contributed by atoms with van der Waals surface area (Å²) < 4.78 is 38.0. The van der Waals surface area contributed by atoms with Gasteiger partial charge in [-0.2, -0.15) is 13.2 Å². The van der Waals surface area contributed by atoms with Gasteiger partial charge in [-0.3, -0.25) is 24.5 Å². The van der Waals surface area contributed by atoms with E-state index in [1.165, 1.54) is 13.2 Å². The Bertz CT molecular complexity index is 1900. The van der Waals surface area contributed by atoms with Crippen LogP contribution >= 0.6 is 11.6 Å². The fourth-order valence-electron chi connectivity index (χ4n) is 5.05. The van der Waals surface area contributed by atoms with Gasteiger partial charge in [0.1, 0.15) is 0 Å². The van der Waals surface area contributed by atoms with E-state index in [0.717, 1.165) is 22.3 Å². The lowest BCUT2D eigenvalue weighted by Crippen LogP contribution is -2.27. The second-order valence-corrected chi connectivity index (χ2v) is 11.3. The number of benzene rings is 2. The number of pyridine rings is 1. The molecular formula is C33H31ClF3N5O6. The highest BCUT2D eigenvalue weighted by Gasteiger charge is 2.38. The maximum absolute atomic E-state index is 13.5. The number of nitrogens with zero attached hydrogens (tertiary/aromatic N) is 3. The van der Waals surface area contributed by atoms with Gasteiger partial charge in [0.05, 0.1) is 36.6 Å². The Kier molecular flexibility index (Phi) is 11.2. The van der Waals surface area contributed by atoms with Gasteiger partial charge in [-0.05, 0) is 61.2 Å². The normalized spacial score (nSPS) is 16.1. The van der Waals surface area contributed by atoms with Crippen molar-refractivity contribution in [3.8, 4) is 22.4 Å². The van der Waals surface area contributed by atoms with Crippen molar-refractivity contribution in [2.75, 3.05) is 17.7 Å². The maximum atomic E-state index is 13.5. The molecular weight excluding hydrogens is 655 g/mol. The summed E-state index contributed by atoms with van der Waals surface area (Å²) in [6.07, 6.45) is -0.538. The van der Waals surface area contributed by atoms with E-state index >= 15 is 0 Å². The van der Waals surface area contributed by atoms with Gasteiger partial charge < -0.3 is 15.2 Å². The van der Waals surface area contributed by atoms with E-state index < -0.39 is 18.2 Å². The van der Waals surface area contributed by atoms with Crippen molar-refractivity contribution in [2.45, 2.75) is 45.3 Å². The number of aliphatic carboxylic acids is 1. The summed E-state index contributed by atoms with van der Waals surface area (Å²) in [4.78, 5) is 56.6. The minimum Gasteiger partial charge on any atom is -0.475 e. The number of nitrogens with one attached hydrogen (secondary N) is 2. The first-order valence-electron chi connectivity index (χ1n) is 14.6. The molecule has 2 amide bonds. The number of hydrogen-bond acceptors (Lipinski definition) is 7. The monoisotopic (exact) mass is 685 g/mol. The van der Waals surface area contributed by atoms with E-state index in [2.05, 4.69) is 20.6 Å². The topological polar surface area (TPSA) is 153 Å². The number of fused-ring (bicyclic) bond motifs is 4. The summed E-state index contributed by atoms with van der Waals surface area (Å²) >= 11 is 6.31. The quantitative estimate of drug-likeness (QED) is 0.207. The molecule has 2 aromatic heterocycles. The fourth-order valence-corrected chi connectivity index (χ4v) is 5.23. The van der Waals surface area contributed by atoms with Gasteiger partial charge in [0, 0.05) is 40.0 Å². The van der Waals surface area contributed by atoms with E-state index in [9.17, 15) is 27.6 Å². The van der Waals surface area contributed by atoms with E-state index in [1.807, 2.05) is 44.2 Å². The molecule has 15 heteroatoms. The average Bonchev–Trinajstić information content (AvgIpc) is 3.04. The first kappa shape index (κ1) is 35.6. The van der Waals surface area contributed by atoms with E-state index in [0.29, 0.717) is 47.0 Å². The van der Waals surface area contributed by atoms with E-state index in [-0.39, 0.29) is 23.4 Å². The first-order valence-corrected chi connectivity index (χ1v) is 15.0. The molecule has 2 aromatic carbocycles. The van der Waals surface area contributed by atoms with Crippen LogP contribution in [-0.2, 0) is 14.3 Å². The lowest BCUT2D eigenvalue weighted by atomic mass is 9.95. The highest BCUT2D eigenvalue weighted by Crippen LogP contribution is 2.35. The molecule has 2 atom stereocenters. The number of carbonyl (C=O) groups excluding carboxylic acids is 2. The zero-order valence-electron chi connectivity index (χ0n) is 26.0. The van der Waals surface area contributed by atoms with E-state index in [1.54, 1.807) is 35.3 Å². The number of carboxylic acid groups (broad SMARTS) is 1. The van der Waals surface area contributed by atoms with Crippen molar-refractivity contribution >= 4 is 40.9 Å². The number of ether oxygens (including phenoxy) is 1. The number of amides is 2. The Balaban J connectivity index is 0.000000671. The third kappa shape index (κ3) is 8.56. The van der Waals surface area contributed by atoms with Gasteiger partial charge in [0.15, 0.2) is 0 Å². The molecule has 11 nitrogen and oxygen atoms in total. The van der Waals surface area contributed by atoms with Crippen molar-refractivity contribution in [3.05, 3.63) is 93.8 Å². The molecule has 0 radical (unpaired) electrons. The smallest absolute Gasteiger partial charge is 0.475 e. The molecule has 0 spiro atoms. The highest BCUT2D eigenvalue weighted by molar-refractivity contribution is 6.31. The van der Waals surface area contributed by atoms with Gasteiger partial charge >= 0.3 is 18.2 Å². The van der Waals surface area contributed by atoms with Crippen LogP contribution in [0.1, 0.15) is 43.5 Å². The third-order valence-electron chi connectivity index (χ3n) is 7.66. The van der Waals surface area contributed by atoms with Crippen LogP contribution in [0.15, 0.2) is 71.9 Å². The van der Waals surface area contributed by atoms with Gasteiger partial charge in [0.2, 0.25) is 5.91 Å². The number of halogens is 4. The molecule has 0 saturated carbocycles. The number of anilines is 2. The number of alkyl halides is 3. The average molecular weight is 686 g/mol. The second-order valence-electron chi connectivity index (χ2n) is 10.9. The standard InChI is InChI=1S/C31H30ClN5O4.C2HF3O2/c1-18-6-4-9-28(37-17-34-25(16-29(37)38)22-7-5-8-24(32)19(22)2)27-14-20(12-13-33-27)23-11-10-21(35-31(40)41-3)15-26(23)36-30(18)39;3-2(4,5)1(6)7/h5,7-8,10-18,28H,4,6,9H2,1-3H3,(H,35,40)(H,36,39);(H,6,7)/t18-,28+;/m1./s1. The van der Waals surface area contributed by atoms with Gasteiger partial charge in [0.25, 0.3) is 5.56 Å². The Hall–Kier alpha value is -5.24. The zero-order valence-corrected chi connectivity index (χ0v) is 26.7.